The maximum Gasteiger partial charge on any atom is 0.253 e. The van der Waals surface area contributed by atoms with E-state index in [9.17, 15) is 4.79 Å². The molecule has 0 radical (unpaired) electrons. The van der Waals surface area contributed by atoms with Gasteiger partial charge in [0, 0.05) is 17.5 Å². The Kier molecular flexibility index (Phi) is 4.47. The maximum atomic E-state index is 12.6. The number of aromatic nitrogens is 1. The number of amides is 1. The van der Waals surface area contributed by atoms with Gasteiger partial charge in [-0.25, -0.2) is 0 Å². The van der Waals surface area contributed by atoms with Crippen molar-refractivity contribution >= 4 is 16.8 Å². The summed E-state index contributed by atoms with van der Waals surface area (Å²) < 4.78 is 5.31. The Bertz CT molecular complexity index is 903. The van der Waals surface area contributed by atoms with E-state index < -0.39 is 0 Å². The van der Waals surface area contributed by atoms with Gasteiger partial charge in [0.05, 0.1) is 23.9 Å². The van der Waals surface area contributed by atoms with Crippen molar-refractivity contribution in [3.05, 3.63) is 70.9 Å². The van der Waals surface area contributed by atoms with E-state index in [2.05, 4.69) is 10.3 Å². The smallest absolute Gasteiger partial charge is 0.253 e. The van der Waals surface area contributed by atoms with E-state index in [1.54, 1.807) is 7.11 Å². The monoisotopic (exact) mass is 320 g/mol. The Morgan fingerprint density at radius 3 is 2.71 bits per heavy atom. The summed E-state index contributed by atoms with van der Waals surface area (Å²) in [6.07, 6.45) is 0. The SMILES string of the molecule is COc1ccccc1CNC(=O)c1cc2cc(C)ccc2nc1C. The average molecular weight is 320 g/mol. The van der Waals surface area contributed by atoms with Crippen LogP contribution in [0.5, 0.6) is 5.75 Å². The van der Waals surface area contributed by atoms with Crippen LogP contribution < -0.4 is 10.1 Å². The summed E-state index contributed by atoms with van der Waals surface area (Å²) in [7, 11) is 1.63. The summed E-state index contributed by atoms with van der Waals surface area (Å²) in [6, 6.07) is 15.6. The first kappa shape index (κ1) is 16.0. The number of aryl methyl sites for hydroxylation is 2. The van der Waals surface area contributed by atoms with Gasteiger partial charge in [-0.2, -0.15) is 0 Å². The number of hydrogen-bond donors (Lipinski definition) is 1. The van der Waals surface area contributed by atoms with Crippen LogP contribution in [0, 0.1) is 13.8 Å². The van der Waals surface area contributed by atoms with Gasteiger partial charge >= 0.3 is 0 Å². The topological polar surface area (TPSA) is 51.2 Å². The zero-order chi connectivity index (χ0) is 17.1. The minimum absolute atomic E-state index is 0.130. The molecule has 0 atom stereocenters. The molecule has 0 aliphatic heterocycles. The normalized spacial score (nSPS) is 10.6. The molecule has 0 fully saturated rings. The molecular weight excluding hydrogens is 300 g/mol. The second-order valence-electron chi connectivity index (χ2n) is 5.81. The van der Waals surface area contributed by atoms with Gasteiger partial charge in [0.15, 0.2) is 0 Å². The van der Waals surface area contributed by atoms with Crippen molar-refractivity contribution in [3.63, 3.8) is 0 Å². The standard InChI is InChI=1S/C20H20N2O2/c1-13-8-9-18-16(10-13)11-17(14(2)22-18)20(23)21-12-15-6-4-5-7-19(15)24-3/h4-11H,12H2,1-3H3,(H,21,23). The van der Waals surface area contributed by atoms with Crippen LogP contribution in [0.3, 0.4) is 0 Å². The number of ether oxygens (including phenoxy) is 1. The minimum Gasteiger partial charge on any atom is -0.496 e. The highest BCUT2D eigenvalue weighted by atomic mass is 16.5. The van der Waals surface area contributed by atoms with Gasteiger partial charge in [-0.05, 0) is 38.1 Å². The van der Waals surface area contributed by atoms with Crippen LogP contribution >= 0.6 is 0 Å². The molecule has 0 spiro atoms. The van der Waals surface area contributed by atoms with Gasteiger partial charge in [0.1, 0.15) is 5.75 Å². The molecule has 122 valence electrons. The van der Waals surface area contributed by atoms with E-state index in [0.29, 0.717) is 12.1 Å². The molecule has 0 bridgehead atoms. The summed E-state index contributed by atoms with van der Waals surface area (Å²) in [5.74, 6) is 0.635. The molecule has 3 aromatic rings. The van der Waals surface area contributed by atoms with Gasteiger partial charge in [-0.1, -0.05) is 29.8 Å². The fraction of sp³-hybridized carbons (Fsp3) is 0.200. The maximum absolute atomic E-state index is 12.6. The highest BCUT2D eigenvalue weighted by molar-refractivity contribution is 5.98. The number of nitrogens with zero attached hydrogens (tertiary/aromatic N) is 1. The molecule has 0 aliphatic rings. The first-order valence-electron chi connectivity index (χ1n) is 7.86. The molecule has 1 aromatic heterocycles. The fourth-order valence-corrected chi connectivity index (χ4v) is 2.74. The molecule has 24 heavy (non-hydrogen) atoms. The molecule has 0 aliphatic carbocycles. The van der Waals surface area contributed by atoms with Crippen LogP contribution in [0.1, 0.15) is 27.2 Å². The zero-order valence-corrected chi connectivity index (χ0v) is 14.1. The second-order valence-corrected chi connectivity index (χ2v) is 5.81. The molecule has 3 rings (SSSR count). The molecule has 1 N–H and O–H groups in total. The third-order valence-corrected chi connectivity index (χ3v) is 4.04. The van der Waals surface area contributed by atoms with E-state index in [1.807, 2.05) is 62.4 Å². The fourth-order valence-electron chi connectivity index (χ4n) is 2.74. The van der Waals surface area contributed by atoms with Crippen molar-refractivity contribution in [2.45, 2.75) is 20.4 Å². The van der Waals surface area contributed by atoms with Crippen molar-refractivity contribution < 1.29 is 9.53 Å². The lowest BCUT2D eigenvalue weighted by Gasteiger charge is -2.11. The van der Waals surface area contributed by atoms with Crippen molar-refractivity contribution in [2.24, 2.45) is 0 Å². The predicted molar refractivity (Wildman–Crippen MR) is 95.4 cm³/mol. The van der Waals surface area contributed by atoms with E-state index in [0.717, 1.165) is 33.5 Å². The first-order chi connectivity index (χ1) is 11.6. The number of methoxy groups -OCH3 is 1. The van der Waals surface area contributed by atoms with Crippen LogP contribution in [-0.2, 0) is 6.54 Å². The number of hydrogen-bond acceptors (Lipinski definition) is 3. The van der Waals surface area contributed by atoms with E-state index >= 15 is 0 Å². The van der Waals surface area contributed by atoms with Crippen LogP contribution in [0.2, 0.25) is 0 Å². The minimum atomic E-state index is -0.130. The number of nitrogens with one attached hydrogen (secondary N) is 1. The Hall–Kier alpha value is -2.88. The van der Waals surface area contributed by atoms with E-state index in [4.69, 9.17) is 4.74 Å². The molecule has 4 nitrogen and oxygen atoms in total. The van der Waals surface area contributed by atoms with E-state index in [1.165, 1.54) is 0 Å². The number of rotatable bonds is 4. The molecule has 0 saturated heterocycles. The average Bonchev–Trinajstić information content (AvgIpc) is 2.59. The molecule has 0 saturated carbocycles. The largest absolute Gasteiger partial charge is 0.496 e. The van der Waals surface area contributed by atoms with Crippen molar-refractivity contribution in [1.82, 2.24) is 10.3 Å². The lowest BCUT2D eigenvalue weighted by molar-refractivity contribution is 0.0950. The quantitative estimate of drug-likeness (QED) is 0.795. The summed E-state index contributed by atoms with van der Waals surface area (Å²) in [5, 5.41) is 3.93. The number of para-hydroxylation sites is 1. The van der Waals surface area contributed by atoms with Crippen LogP contribution in [0.25, 0.3) is 10.9 Å². The first-order valence-corrected chi connectivity index (χ1v) is 7.86. The predicted octanol–water partition coefficient (Wildman–Crippen LogP) is 3.79. The molecule has 1 heterocycles. The highest BCUT2D eigenvalue weighted by Gasteiger charge is 2.12. The second kappa shape index (κ2) is 6.71. The summed E-state index contributed by atoms with van der Waals surface area (Å²) in [6.45, 7) is 4.30. The van der Waals surface area contributed by atoms with Crippen LogP contribution in [-0.4, -0.2) is 18.0 Å². The zero-order valence-electron chi connectivity index (χ0n) is 14.1. The number of carbonyl (C=O) groups excluding carboxylic acids is 1. The van der Waals surface area contributed by atoms with Gasteiger partial charge in [-0.15, -0.1) is 0 Å². The lowest BCUT2D eigenvalue weighted by atomic mass is 10.1. The Labute approximate surface area is 141 Å². The van der Waals surface area contributed by atoms with Gasteiger partial charge in [0.2, 0.25) is 0 Å². The van der Waals surface area contributed by atoms with Crippen molar-refractivity contribution in [1.29, 1.82) is 0 Å². The van der Waals surface area contributed by atoms with Crippen molar-refractivity contribution in [3.8, 4) is 5.75 Å². The molecule has 4 heteroatoms. The van der Waals surface area contributed by atoms with Gasteiger partial charge in [0.25, 0.3) is 5.91 Å². The molecule has 2 aromatic carbocycles. The van der Waals surface area contributed by atoms with Gasteiger partial charge in [-0.3, -0.25) is 9.78 Å². The molecular formula is C20H20N2O2. The third-order valence-electron chi connectivity index (χ3n) is 4.04. The number of carbonyl (C=O) groups is 1. The van der Waals surface area contributed by atoms with Gasteiger partial charge < -0.3 is 10.1 Å². The Morgan fingerprint density at radius 2 is 1.92 bits per heavy atom. The molecule has 1 amide bonds. The van der Waals surface area contributed by atoms with Crippen molar-refractivity contribution in [2.75, 3.05) is 7.11 Å². The van der Waals surface area contributed by atoms with E-state index in [-0.39, 0.29) is 5.91 Å². The number of pyridine rings is 1. The molecule has 0 unspecified atom stereocenters. The lowest BCUT2D eigenvalue weighted by Crippen LogP contribution is -2.24. The summed E-state index contributed by atoms with van der Waals surface area (Å²) >= 11 is 0. The van der Waals surface area contributed by atoms with Crippen LogP contribution in [0.4, 0.5) is 0 Å². The van der Waals surface area contributed by atoms with Crippen LogP contribution in [0.15, 0.2) is 48.5 Å². The number of benzene rings is 2. The summed E-state index contributed by atoms with van der Waals surface area (Å²) in [5.41, 5.74) is 4.32. The number of fused-ring (bicyclic) bond motifs is 1. The summed E-state index contributed by atoms with van der Waals surface area (Å²) in [4.78, 5) is 17.1. The Morgan fingerprint density at radius 1 is 1.12 bits per heavy atom. The highest BCUT2D eigenvalue weighted by Crippen LogP contribution is 2.19. The Balaban J connectivity index is 1.84. The third kappa shape index (κ3) is 3.23.